The van der Waals surface area contributed by atoms with Gasteiger partial charge in [-0.05, 0) is 68.7 Å². The first-order chi connectivity index (χ1) is 9.31. The summed E-state index contributed by atoms with van der Waals surface area (Å²) >= 11 is 0. The molecule has 2 N–H and O–H groups in total. The zero-order valence-electron chi connectivity index (χ0n) is 11.9. The fourth-order valence-electron chi connectivity index (χ4n) is 5.94. The zero-order chi connectivity index (χ0) is 12.9. The minimum absolute atomic E-state index is 0.324. The summed E-state index contributed by atoms with van der Waals surface area (Å²) in [6, 6.07) is 0. The van der Waals surface area contributed by atoms with Gasteiger partial charge in [-0.1, -0.05) is 0 Å². The number of nitrogens with two attached hydrogens (primary N) is 1. The van der Waals surface area contributed by atoms with Crippen molar-refractivity contribution in [3.8, 4) is 0 Å². The molecule has 19 heavy (non-hydrogen) atoms. The van der Waals surface area contributed by atoms with Crippen molar-refractivity contribution in [1.29, 1.82) is 0 Å². The SMILES string of the molecule is NCCC1(C2C3CC4CC(C3)CC2C4)OCCCO1. The van der Waals surface area contributed by atoms with E-state index >= 15 is 0 Å². The van der Waals surface area contributed by atoms with Gasteiger partial charge in [-0.25, -0.2) is 0 Å². The second-order valence-electron chi connectivity index (χ2n) is 7.36. The lowest BCUT2D eigenvalue weighted by atomic mass is 9.50. The lowest BCUT2D eigenvalue weighted by molar-refractivity contribution is -0.326. The van der Waals surface area contributed by atoms with E-state index in [1.165, 1.54) is 32.1 Å². The second-order valence-corrected chi connectivity index (χ2v) is 7.36. The molecule has 5 rings (SSSR count). The van der Waals surface area contributed by atoms with Gasteiger partial charge in [0.05, 0.1) is 13.2 Å². The molecule has 0 aromatic rings. The number of hydrogen-bond acceptors (Lipinski definition) is 3. The first kappa shape index (κ1) is 12.6. The van der Waals surface area contributed by atoms with Gasteiger partial charge in [-0.3, -0.25) is 0 Å². The first-order valence-corrected chi connectivity index (χ1v) is 8.29. The van der Waals surface area contributed by atoms with Crippen LogP contribution in [0.15, 0.2) is 0 Å². The number of ether oxygens (including phenoxy) is 2. The molecule has 0 aromatic carbocycles. The summed E-state index contributed by atoms with van der Waals surface area (Å²) in [6.45, 7) is 2.41. The Balaban J connectivity index is 1.62. The smallest absolute Gasteiger partial charge is 0.172 e. The van der Waals surface area contributed by atoms with E-state index in [0.29, 0.717) is 12.5 Å². The minimum Gasteiger partial charge on any atom is -0.349 e. The minimum atomic E-state index is -0.324. The first-order valence-electron chi connectivity index (χ1n) is 8.29. The van der Waals surface area contributed by atoms with Crippen LogP contribution in [-0.2, 0) is 9.47 Å². The summed E-state index contributed by atoms with van der Waals surface area (Å²) in [5.41, 5.74) is 5.88. The molecule has 4 saturated carbocycles. The Kier molecular flexibility index (Phi) is 3.13. The highest BCUT2D eigenvalue weighted by Gasteiger charge is 2.57. The highest BCUT2D eigenvalue weighted by molar-refractivity contribution is 5.03. The summed E-state index contributed by atoms with van der Waals surface area (Å²) in [6.07, 6.45) is 9.14. The van der Waals surface area contributed by atoms with Crippen molar-refractivity contribution in [3.63, 3.8) is 0 Å². The van der Waals surface area contributed by atoms with Crippen LogP contribution in [0.25, 0.3) is 0 Å². The van der Waals surface area contributed by atoms with Crippen LogP contribution in [0.1, 0.15) is 44.9 Å². The highest BCUT2D eigenvalue weighted by Crippen LogP contribution is 2.60. The standard InChI is InChI=1S/C16H27NO2/c17-3-2-16(18-4-1-5-19-16)15-13-7-11-6-12(9-13)10-14(15)8-11/h11-15H,1-10,17H2. The average Bonchev–Trinajstić information content (AvgIpc) is 2.38. The molecule has 5 fully saturated rings. The Morgan fingerprint density at radius 3 is 2.00 bits per heavy atom. The van der Waals surface area contributed by atoms with Gasteiger partial charge in [0.15, 0.2) is 5.79 Å². The Morgan fingerprint density at radius 2 is 1.47 bits per heavy atom. The third-order valence-electron chi connectivity index (χ3n) is 6.21. The van der Waals surface area contributed by atoms with E-state index in [0.717, 1.165) is 49.7 Å². The molecule has 0 radical (unpaired) electrons. The molecule has 0 spiro atoms. The fraction of sp³-hybridized carbons (Fsp3) is 1.00. The lowest BCUT2D eigenvalue weighted by Gasteiger charge is -2.59. The summed E-state index contributed by atoms with van der Waals surface area (Å²) in [5, 5.41) is 0. The third-order valence-corrected chi connectivity index (χ3v) is 6.21. The molecule has 3 heteroatoms. The van der Waals surface area contributed by atoms with Crippen molar-refractivity contribution in [3.05, 3.63) is 0 Å². The Bertz CT molecular complexity index is 304. The van der Waals surface area contributed by atoms with Crippen molar-refractivity contribution < 1.29 is 9.47 Å². The molecule has 0 unspecified atom stereocenters. The van der Waals surface area contributed by atoms with Crippen molar-refractivity contribution >= 4 is 0 Å². The van der Waals surface area contributed by atoms with Crippen LogP contribution in [0.5, 0.6) is 0 Å². The van der Waals surface area contributed by atoms with Gasteiger partial charge < -0.3 is 15.2 Å². The van der Waals surface area contributed by atoms with Crippen LogP contribution in [-0.4, -0.2) is 25.5 Å². The number of hydrogen-bond donors (Lipinski definition) is 1. The van der Waals surface area contributed by atoms with Crippen LogP contribution in [0.3, 0.4) is 0 Å². The summed E-state index contributed by atoms with van der Waals surface area (Å²) in [4.78, 5) is 0. The van der Waals surface area contributed by atoms with Crippen molar-refractivity contribution in [2.45, 2.75) is 50.7 Å². The molecule has 5 aliphatic rings. The summed E-state index contributed by atoms with van der Waals surface area (Å²) in [7, 11) is 0. The van der Waals surface area contributed by atoms with E-state index in [-0.39, 0.29) is 5.79 Å². The largest absolute Gasteiger partial charge is 0.349 e. The molecule has 4 aliphatic carbocycles. The molecule has 108 valence electrons. The predicted octanol–water partition coefficient (Wildman–Crippen LogP) is 2.54. The molecular weight excluding hydrogens is 238 g/mol. The van der Waals surface area contributed by atoms with E-state index in [4.69, 9.17) is 15.2 Å². The monoisotopic (exact) mass is 265 g/mol. The number of rotatable bonds is 3. The van der Waals surface area contributed by atoms with E-state index < -0.39 is 0 Å². The van der Waals surface area contributed by atoms with Gasteiger partial charge in [0.1, 0.15) is 0 Å². The molecule has 0 atom stereocenters. The third kappa shape index (κ3) is 1.97. The molecule has 0 amide bonds. The highest BCUT2D eigenvalue weighted by atomic mass is 16.7. The molecule has 0 aromatic heterocycles. The molecule has 1 aliphatic heterocycles. The van der Waals surface area contributed by atoms with Gasteiger partial charge in [0.25, 0.3) is 0 Å². The van der Waals surface area contributed by atoms with Crippen LogP contribution in [0.2, 0.25) is 0 Å². The summed E-state index contributed by atoms with van der Waals surface area (Å²) in [5.74, 6) is 4.02. The molecule has 3 nitrogen and oxygen atoms in total. The fourth-order valence-corrected chi connectivity index (χ4v) is 5.94. The summed E-state index contributed by atoms with van der Waals surface area (Å²) < 4.78 is 12.5. The van der Waals surface area contributed by atoms with Crippen LogP contribution in [0, 0.1) is 29.6 Å². The van der Waals surface area contributed by atoms with E-state index in [1.54, 1.807) is 0 Å². The Labute approximate surface area is 116 Å². The van der Waals surface area contributed by atoms with Gasteiger partial charge in [-0.2, -0.15) is 0 Å². The van der Waals surface area contributed by atoms with Gasteiger partial charge in [0, 0.05) is 12.3 Å². The van der Waals surface area contributed by atoms with Gasteiger partial charge >= 0.3 is 0 Å². The van der Waals surface area contributed by atoms with Crippen molar-refractivity contribution in [1.82, 2.24) is 0 Å². The Hall–Kier alpha value is -0.120. The normalized spacial score (nSPS) is 47.5. The average molecular weight is 265 g/mol. The molecule has 1 heterocycles. The van der Waals surface area contributed by atoms with Gasteiger partial charge in [0.2, 0.25) is 0 Å². The topological polar surface area (TPSA) is 44.5 Å². The van der Waals surface area contributed by atoms with Crippen molar-refractivity contribution in [2.75, 3.05) is 19.8 Å². The van der Waals surface area contributed by atoms with Gasteiger partial charge in [-0.15, -0.1) is 0 Å². The molecular formula is C16H27NO2. The van der Waals surface area contributed by atoms with E-state index in [9.17, 15) is 0 Å². The maximum atomic E-state index is 6.23. The predicted molar refractivity (Wildman–Crippen MR) is 73.5 cm³/mol. The maximum absolute atomic E-state index is 6.23. The Morgan fingerprint density at radius 1 is 0.895 bits per heavy atom. The lowest BCUT2D eigenvalue weighted by Crippen LogP contribution is -2.59. The van der Waals surface area contributed by atoms with Crippen molar-refractivity contribution in [2.24, 2.45) is 35.3 Å². The van der Waals surface area contributed by atoms with Crippen LogP contribution >= 0.6 is 0 Å². The van der Waals surface area contributed by atoms with E-state index in [2.05, 4.69) is 0 Å². The quantitative estimate of drug-likeness (QED) is 0.853. The molecule has 4 bridgehead atoms. The maximum Gasteiger partial charge on any atom is 0.172 e. The van der Waals surface area contributed by atoms with Crippen LogP contribution < -0.4 is 5.73 Å². The van der Waals surface area contributed by atoms with E-state index in [1.807, 2.05) is 0 Å². The zero-order valence-corrected chi connectivity index (χ0v) is 11.9. The van der Waals surface area contributed by atoms with Crippen LogP contribution in [0.4, 0.5) is 0 Å². The molecule has 1 saturated heterocycles. The second kappa shape index (κ2) is 4.71.